The van der Waals surface area contributed by atoms with Gasteiger partial charge < -0.3 is 25.4 Å². The topological polar surface area (TPSA) is 111 Å². The quantitative estimate of drug-likeness (QED) is 0.449. The van der Waals surface area contributed by atoms with Crippen LogP contribution < -0.4 is 15.6 Å². The smallest absolute Gasteiger partial charge is 0.328 e. The molecule has 0 aliphatic heterocycles. The molecule has 0 bridgehead atoms. The molecule has 7 nitrogen and oxygen atoms in total. The zero-order valence-electron chi connectivity index (χ0n) is 14.8. The summed E-state index contributed by atoms with van der Waals surface area (Å²) in [6, 6.07) is 3.18. The minimum Gasteiger partial charge on any atom is -0.504 e. The Hall–Kier alpha value is -1.85. The maximum atomic E-state index is 12.2. The van der Waals surface area contributed by atoms with E-state index in [0.717, 1.165) is 0 Å². The summed E-state index contributed by atoms with van der Waals surface area (Å²) in [6.07, 6.45) is 0.687. The van der Waals surface area contributed by atoms with E-state index in [0.29, 0.717) is 17.7 Å². The number of phenols is 1. The lowest BCUT2D eigenvalue weighted by Crippen LogP contribution is -2.50. The van der Waals surface area contributed by atoms with Crippen LogP contribution >= 0.6 is 9.47 Å². The Labute approximate surface area is 150 Å². The van der Waals surface area contributed by atoms with Crippen molar-refractivity contribution in [1.82, 2.24) is 5.32 Å². The van der Waals surface area contributed by atoms with Crippen LogP contribution in [0.4, 0.5) is 0 Å². The molecule has 0 heterocycles. The molecule has 0 saturated carbocycles. The zero-order valence-corrected chi connectivity index (χ0v) is 16.0. The maximum Gasteiger partial charge on any atom is 0.328 e. The Balaban J connectivity index is 2.88. The molecule has 25 heavy (non-hydrogen) atoms. The summed E-state index contributed by atoms with van der Waals surface area (Å²) in [4.78, 5) is 24.4. The SMILES string of the molecule is CCOC(=O)[C@H](Cc1ccc(OP)c(O)c1)NC(=O)[C@@H](N)CC(C)C. The van der Waals surface area contributed by atoms with Gasteiger partial charge in [0, 0.05) is 6.42 Å². The van der Waals surface area contributed by atoms with Crippen LogP contribution in [0.3, 0.4) is 0 Å². The Bertz CT molecular complexity index is 594. The van der Waals surface area contributed by atoms with Gasteiger partial charge in [-0.2, -0.15) is 0 Å². The van der Waals surface area contributed by atoms with Gasteiger partial charge in [-0.25, -0.2) is 4.79 Å². The Morgan fingerprint density at radius 3 is 2.56 bits per heavy atom. The van der Waals surface area contributed by atoms with Gasteiger partial charge in [0.05, 0.1) is 22.1 Å². The highest BCUT2D eigenvalue weighted by Crippen LogP contribution is 2.28. The monoisotopic (exact) mass is 370 g/mol. The zero-order chi connectivity index (χ0) is 19.0. The normalized spacial score (nSPS) is 13.2. The van der Waals surface area contributed by atoms with E-state index in [1.165, 1.54) is 6.07 Å². The molecule has 1 rings (SSSR count). The highest BCUT2D eigenvalue weighted by molar-refractivity contribution is 7.10. The van der Waals surface area contributed by atoms with Crippen molar-refractivity contribution in [3.63, 3.8) is 0 Å². The molecule has 3 atom stereocenters. The molecule has 1 aromatic carbocycles. The Morgan fingerprint density at radius 1 is 1.36 bits per heavy atom. The highest BCUT2D eigenvalue weighted by Gasteiger charge is 2.25. The summed E-state index contributed by atoms with van der Waals surface area (Å²) in [6.45, 7) is 5.83. The molecule has 0 fully saturated rings. The van der Waals surface area contributed by atoms with E-state index in [9.17, 15) is 14.7 Å². The first kappa shape index (κ1) is 21.2. The van der Waals surface area contributed by atoms with Crippen LogP contribution in [0.5, 0.6) is 11.5 Å². The summed E-state index contributed by atoms with van der Waals surface area (Å²) in [5.74, 6) is -0.445. The van der Waals surface area contributed by atoms with Crippen LogP contribution in [0.25, 0.3) is 0 Å². The lowest BCUT2D eigenvalue weighted by atomic mass is 10.0. The summed E-state index contributed by atoms with van der Waals surface area (Å²) in [7, 11) is 2.05. The number of nitrogens with two attached hydrogens (primary N) is 1. The average Bonchev–Trinajstić information content (AvgIpc) is 2.53. The molecule has 1 amide bonds. The fourth-order valence-electron chi connectivity index (χ4n) is 2.36. The highest BCUT2D eigenvalue weighted by atomic mass is 31.0. The third-order valence-electron chi connectivity index (χ3n) is 3.54. The van der Waals surface area contributed by atoms with Crippen molar-refractivity contribution in [2.45, 2.75) is 45.7 Å². The molecule has 0 aliphatic rings. The number of carbonyl (C=O) groups excluding carboxylic acids is 2. The number of carbonyl (C=O) groups is 2. The van der Waals surface area contributed by atoms with E-state index < -0.39 is 24.0 Å². The lowest BCUT2D eigenvalue weighted by molar-refractivity contribution is -0.147. The number of amides is 1. The standard InChI is InChI=1S/C17H27N2O5P/c1-4-23-17(22)13(19-16(21)12(18)7-10(2)3)8-11-5-6-15(24-25)14(20)9-11/h5-6,9-10,12-13,20H,4,7-8,18,25H2,1-3H3,(H,19,21)/t12-,13-/m0/s1. The van der Waals surface area contributed by atoms with Gasteiger partial charge in [0.2, 0.25) is 5.91 Å². The third-order valence-corrected chi connectivity index (χ3v) is 3.79. The average molecular weight is 370 g/mol. The van der Waals surface area contributed by atoms with Crippen LogP contribution in [0, 0.1) is 5.92 Å². The molecule has 0 radical (unpaired) electrons. The minimum atomic E-state index is -0.882. The first-order valence-electron chi connectivity index (χ1n) is 8.19. The van der Waals surface area contributed by atoms with Crippen molar-refractivity contribution in [2.24, 2.45) is 11.7 Å². The molecule has 0 saturated heterocycles. The number of nitrogens with one attached hydrogen (secondary N) is 1. The summed E-state index contributed by atoms with van der Waals surface area (Å²) in [5, 5.41) is 12.5. The number of esters is 1. The van der Waals surface area contributed by atoms with Crippen molar-refractivity contribution in [2.75, 3.05) is 6.61 Å². The summed E-state index contributed by atoms with van der Waals surface area (Å²) < 4.78 is 9.94. The number of ether oxygens (including phenoxy) is 1. The van der Waals surface area contributed by atoms with Crippen molar-refractivity contribution in [3.05, 3.63) is 23.8 Å². The van der Waals surface area contributed by atoms with Gasteiger partial charge in [-0.05, 0) is 37.0 Å². The second kappa shape index (κ2) is 10.2. The van der Waals surface area contributed by atoms with Crippen LogP contribution in [0.1, 0.15) is 32.8 Å². The van der Waals surface area contributed by atoms with Crippen molar-refractivity contribution in [1.29, 1.82) is 0 Å². The summed E-state index contributed by atoms with van der Waals surface area (Å²) in [5.41, 5.74) is 6.52. The van der Waals surface area contributed by atoms with Crippen molar-refractivity contribution < 1.29 is 24.0 Å². The molecular weight excluding hydrogens is 343 g/mol. The van der Waals surface area contributed by atoms with Crippen LogP contribution in [-0.2, 0) is 20.7 Å². The largest absolute Gasteiger partial charge is 0.504 e. The van der Waals surface area contributed by atoms with Gasteiger partial charge in [-0.1, -0.05) is 19.9 Å². The van der Waals surface area contributed by atoms with E-state index in [4.69, 9.17) is 15.0 Å². The Kier molecular flexibility index (Phi) is 8.66. The first-order chi connectivity index (χ1) is 11.8. The fraction of sp³-hybridized carbons (Fsp3) is 0.529. The molecule has 4 N–H and O–H groups in total. The van der Waals surface area contributed by atoms with Crippen LogP contribution in [-0.4, -0.2) is 35.7 Å². The molecule has 8 heteroatoms. The third kappa shape index (κ3) is 6.88. The molecule has 0 aliphatic carbocycles. The molecular formula is C17H27N2O5P. The van der Waals surface area contributed by atoms with Crippen LogP contribution in [0.2, 0.25) is 0 Å². The van der Waals surface area contributed by atoms with E-state index in [-0.39, 0.29) is 24.7 Å². The molecule has 140 valence electrons. The van der Waals surface area contributed by atoms with E-state index >= 15 is 0 Å². The first-order valence-corrected chi connectivity index (χ1v) is 8.66. The van der Waals surface area contributed by atoms with Gasteiger partial charge in [0.15, 0.2) is 11.5 Å². The number of hydrogen-bond acceptors (Lipinski definition) is 6. The van der Waals surface area contributed by atoms with Crippen LogP contribution in [0.15, 0.2) is 18.2 Å². The predicted octanol–water partition coefficient (Wildman–Crippen LogP) is 1.52. The van der Waals surface area contributed by atoms with Crippen molar-refractivity contribution in [3.8, 4) is 11.5 Å². The van der Waals surface area contributed by atoms with Gasteiger partial charge >= 0.3 is 5.97 Å². The van der Waals surface area contributed by atoms with Gasteiger partial charge in [0.1, 0.15) is 6.04 Å². The number of rotatable bonds is 9. The number of aromatic hydroxyl groups is 1. The van der Waals surface area contributed by atoms with Crippen molar-refractivity contribution >= 4 is 21.3 Å². The predicted molar refractivity (Wildman–Crippen MR) is 98.1 cm³/mol. The van der Waals surface area contributed by atoms with Gasteiger partial charge in [0.25, 0.3) is 0 Å². The number of benzene rings is 1. The molecule has 0 aromatic heterocycles. The molecule has 1 unspecified atom stereocenters. The van der Waals surface area contributed by atoms with E-state index in [1.807, 2.05) is 23.3 Å². The molecule has 1 aromatic rings. The van der Waals surface area contributed by atoms with E-state index in [1.54, 1.807) is 19.1 Å². The summed E-state index contributed by atoms with van der Waals surface area (Å²) >= 11 is 0. The lowest BCUT2D eigenvalue weighted by Gasteiger charge is -2.21. The molecule has 0 spiro atoms. The second-order valence-electron chi connectivity index (χ2n) is 6.17. The number of phenolic OH excluding ortho intramolecular Hbond substituents is 1. The van der Waals surface area contributed by atoms with Gasteiger partial charge in [-0.3, -0.25) is 4.79 Å². The van der Waals surface area contributed by atoms with E-state index in [2.05, 4.69) is 5.32 Å². The maximum absolute atomic E-state index is 12.2. The second-order valence-corrected chi connectivity index (χ2v) is 6.41. The Morgan fingerprint density at radius 2 is 2.04 bits per heavy atom. The fourth-order valence-corrected chi connectivity index (χ4v) is 2.55. The van der Waals surface area contributed by atoms with Gasteiger partial charge in [-0.15, -0.1) is 0 Å². The minimum absolute atomic E-state index is 0.0575. The number of hydrogen-bond donors (Lipinski definition) is 3.